The van der Waals surface area contributed by atoms with Crippen molar-refractivity contribution in [2.24, 2.45) is 5.73 Å². The van der Waals surface area contributed by atoms with Crippen LogP contribution < -0.4 is 16.4 Å². The Morgan fingerprint density at radius 2 is 1.62 bits per heavy atom. The molecule has 2 aromatic heterocycles. The number of anilines is 1. The zero-order chi connectivity index (χ0) is 28.9. The third-order valence-electron chi connectivity index (χ3n) is 6.21. The van der Waals surface area contributed by atoms with E-state index in [1.165, 1.54) is 11.3 Å². The Balaban J connectivity index is 1.36. The molecule has 0 radical (unpaired) electrons. The second kappa shape index (κ2) is 12.1. The summed E-state index contributed by atoms with van der Waals surface area (Å²) in [6.07, 6.45) is -0.857. The van der Waals surface area contributed by atoms with Crippen LogP contribution in [0.5, 0.6) is 0 Å². The fourth-order valence-electron chi connectivity index (χ4n) is 4.17. The Kier molecular flexibility index (Phi) is 8.59. The largest absolute Gasteiger partial charge is 0.449 e. The van der Waals surface area contributed by atoms with Crippen molar-refractivity contribution in [2.75, 3.05) is 18.5 Å². The molecule has 2 heterocycles. The summed E-state index contributed by atoms with van der Waals surface area (Å²) in [5.41, 5.74) is 11.4. The Hall–Kier alpha value is -4.57. The fraction of sp³-hybridized carbons (Fsp3) is 0.233. The molecule has 0 spiro atoms. The monoisotopic (exact) mass is 557 g/mol. The Bertz CT molecular complexity index is 1540. The number of primary amides is 1. The molecule has 0 atom stereocenters. The van der Waals surface area contributed by atoms with Gasteiger partial charge in [-0.3, -0.25) is 14.6 Å². The molecular weight excluding hydrogens is 526 g/mol. The highest BCUT2D eigenvalue weighted by Crippen LogP contribution is 2.29. The first-order valence-corrected chi connectivity index (χ1v) is 13.5. The number of nitrogens with zero attached hydrogens (tertiary/aromatic N) is 2. The predicted molar refractivity (Wildman–Crippen MR) is 156 cm³/mol. The number of nitrogens with one attached hydrogen (secondary N) is 2. The maximum atomic E-state index is 12.7. The lowest BCUT2D eigenvalue weighted by Gasteiger charge is -2.24. The molecule has 2 aromatic carbocycles. The van der Waals surface area contributed by atoms with Crippen LogP contribution in [0.15, 0.2) is 66.0 Å². The van der Waals surface area contributed by atoms with Gasteiger partial charge in [0.1, 0.15) is 6.61 Å². The van der Waals surface area contributed by atoms with Crippen LogP contribution in [-0.2, 0) is 14.9 Å². The van der Waals surface area contributed by atoms with E-state index in [0.717, 1.165) is 39.3 Å². The molecule has 4 aromatic rings. The van der Waals surface area contributed by atoms with Crippen LogP contribution >= 0.6 is 11.3 Å². The predicted octanol–water partition coefficient (Wildman–Crippen LogP) is 5.23. The quantitative estimate of drug-likeness (QED) is 0.258. The van der Waals surface area contributed by atoms with Crippen molar-refractivity contribution in [3.05, 3.63) is 88.6 Å². The first-order valence-electron chi connectivity index (χ1n) is 12.6. The van der Waals surface area contributed by atoms with E-state index < -0.39 is 23.3 Å². The molecule has 0 bridgehead atoms. The summed E-state index contributed by atoms with van der Waals surface area (Å²) in [6, 6.07) is 19.1. The number of benzene rings is 2. The van der Waals surface area contributed by atoms with Gasteiger partial charge in [-0.25, -0.2) is 9.78 Å². The molecule has 4 N–H and O–H groups in total. The minimum Gasteiger partial charge on any atom is -0.449 e. The van der Waals surface area contributed by atoms with Gasteiger partial charge < -0.3 is 21.1 Å². The molecule has 0 unspecified atom stereocenters. The van der Waals surface area contributed by atoms with Crippen molar-refractivity contribution in [3.8, 4) is 22.4 Å². The Labute approximate surface area is 236 Å². The van der Waals surface area contributed by atoms with E-state index in [2.05, 4.69) is 26.7 Å². The third-order valence-corrected chi connectivity index (χ3v) is 6.97. The van der Waals surface area contributed by atoms with Gasteiger partial charge in [-0.15, -0.1) is 11.3 Å². The third kappa shape index (κ3) is 7.29. The van der Waals surface area contributed by atoms with Gasteiger partial charge >= 0.3 is 6.09 Å². The Morgan fingerprint density at radius 3 is 2.35 bits per heavy atom. The average Bonchev–Trinajstić information content (AvgIpc) is 3.38. The van der Waals surface area contributed by atoms with Crippen LogP contribution in [-0.4, -0.2) is 41.0 Å². The normalized spacial score (nSPS) is 11.1. The SMILES string of the molecule is Cc1cc(-c2cccc(-c3csc(NC(=O)CNC(=O)c4cccc(C(C)(C)COC(N)=O)c4)n3)c2)cc(C)n1. The molecule has 3 amide bonds. The fourth-order valence-corrected chi connectivity index (χ4v) is 4.90. The van der Waals surface area contributed by atoms with E-state index in [9.17, 15) is 14.4 Å². The molecule has 0 fully saturated rings. The summed E-state index contributed by atoms with van der Waals surface area (Å²) in [6.45, 7) is 7.54. The number of thiazole rings is 1. The molecule has 0 aliphatic carbocycles. The number of pyridine rings is 1. The van der Waals surface area contributed by atoms with Crippen LogP contribution in [0.4, 0.5) is 9.93 Å². The van der Waals surface area contributed by atoms with Gasteiger partial charge in [0.05, 0.1) is 12.2 Å². The summed E-state index contributed by atoms with van der Waals surface area (Å²) >= 11 is 1.31. The molecular formula is C30H31N5O4S. The number of aryl methyl sites for hydroxylation is 2. The van der Waals surface area contributed by atoms with Crippen molar-refractivity contribution in [1.82, 2.24) is 15.3 Å². The van der Waals surface area contributed by atoms with Gasteiger partial charge in [-0.05, 0) is 60.9 Å². The minimum absolute atomic E-state index is 0.0684. The number of nitrogens with two attached hydrogens (primary N) is 1. The zero-order valence-electron chi connectivity index (χ0n) is 22.8. The summed E-state index contributed by atoms with van der Waals surface area (Å²) in [7, 11) is 0. The maximum Gasteiger partial charge on any atom is 0.404 e. The van der Waals surface area contributed by atoms with Gasteiger partial charge in [0, 0.05) is 33.3 Å². The van der Waals surface area contributed by atoms with Crippen molar-refractivity contribution in [1.29, 1.82) is 0 Å². The lowest BCUT2D eigenvalue weighted by atomic mass is 9.84. The molecule has 0 aliphatic rings. The average molecular weight is 558 g/mol. The van der Waals surface area contributed by atoms with Crippen LogP contribution in [0.25, 0.3) is 22.4 Å². The zero-order valence-corrected chi connectivity index (χ0v) is 23.6. The van der Waals surface area contributed by atoms with Crippen molar-refractivity contribution < 1.29 is 19.1 Å². The highest BCUT2D eigenvalue weighted by molar-refractivity contribution is 7.14. The van der Waals surface area contributed by atoms with Gasteiger partial charge in [0.25, 0.3) is 5.91 Å². The Morgan fingerprint density at radius 1 is 0.925 bits per heavy atom. The molecule has 4 rings (SSSR count). The second-order valence-electron chi connectivity index (χ2n) is 10.1. The van der Waals surface area contributed by atoms with E-state index in [4.69, 9.17) is 10.5 Å². The number of amides is 3. The first-order chi connectivity index (χ1) is 19.0. The van der Waals surface area contributed by atoms with E-state index in [0.29, 0.717) is 10.7 Å². The molecule has 0 saturated carbocycles. The highest BCUT2D eigenvalue weighted by Gasteiger charge is 2.23. The number of rotatable bonds is 9. The molecule has 40 heavy (non-hydrogen) atoms. The van der Waals surface area contributed by atoms with Gasteiger partial charge in [-0.1, -0.05) is 44.2 Å². The summed E-state index contributed by atoms with van der Waals surface area (Å²) in [4.78, 5) is 45.3. The number of carbonyl (C=O) groups excluding carboxylic acids is 3. The lowest BCUT2D eigenvalue weighted by Crippen LogP contribution is -2.33. The number of hydrogen-bond acceptors (Lipinski definition) is 7. The first kappa shape index (κ1) is 28.4. The molecule has 0 aliphatic heterocycles. The van der Waals surface area contributed by atoms with Crippen LogP contribution in [0, 0.1) is 13.8 Å². The molecule has 10 heteroatoms. The second-order valence-corrected chi connectivity index (χ2v) is 10.9. The summed E-state index contributed by atoms with van der Waals surface area (Å²) in [5, 5.41) is 7.70. The molecule has 0 saturated heterocycles. The van der Waals surface area contributed by atoms with Crippen LogP contribution in [0.1, 0.15) is 41.2 Å². The lowest BCUT2D eigenvalue weighted by molar-refractivity contribution is -0.115. The van der Waals surface area contributed by atoms with Gasteiger partial charge in [0.15, 0.2) is 5.13 Å². The minimum atomic E-state index is -0.857. The van der Waals surface area contributed by atoms with Crippen molar-refractivity contribution in [2.45, 2.75) is 33.1 Å². The standard InChI is InChI=1S/C30H31N5O4S/c1-18-11-23(12-19(2)33-18)20-7-5-8-21(13-20)25-16-40-29(34-25)35-26(36)15-32-27(37)22-9-6-10-24(14-22)30(3,4)17-39-28(31)38/h5-14,16H,15,17H2,1-4H3,(H2,31,38)(H,32,37)(H,34,35,36). The van der Waals surface area contributed by atoms with Gasteiger partial charge in [-0.2, -0.15) is 0 Å². The topological polar surface area (TPSA) is 136 Å². The highest BCUT2D eigenvalue weighted by atomic mass is 32.1. The van der Waals surface area contributed by atoms with Crippen molar-refractivity contribution in [3.63, 3.8) is 0 Å². The maximum absolute atomic E-state index is 12.7. The van der Waals surface area contributed by atoms with E-state index in [1.54, 1.807) is 18.2 Å². The number of aromatic nitrogens is 2. The summed E-state index contributed by atoms with van der Waals surface area (Å²) < 4.78 is 4.94. The molecule has 9 nitrogen and oxygen atoms in total. The molecule has 206 valence electrons. The number of carbonyl (C=O) groups is 3. The van der Waals surface area contributed by atoms with E-state index >= 15 is 0 Å². The number of hydrogen-bond donors (Lipinski definition) is 3. The van der Waals surface area contributed by atoms with E-state index in [-0.39, 0.29) is 13.2 Å². The van der Waals surface area contributed by atoms with Crippen molar-refractivity contribution >= 4 is 34.4 Å². The number of ether oxygens (including phenoxy) is 1. The smallest absolute Gasteiger partial charge is 0.404 e. The van der Waals surface area contributed by atoms with E-state index in [1.807, 2.05) is 69.5 Å². The van der Waals surface area contributed by atoms with Gasteiger partial charge in [0.2, 0.25) is 5.91 Å². The van der Waals surface area contributed by atoms with Crippen LogP contribution in [0.2, 0.25) is 0 Å². The van der Waals surface area contributed by atoms with Crippen LogP contribution in [0.3, 0.4) is 0 Å². The summed E-state index contributed by atoms with van der Waals surface area (Å²) in [5.74, 6) is -0.793.